The summed E-state index contributed by atoms with van der Waals surface area (Å²) in [5.74, 6) is -0.0689. The van der Waals surface area contributed by atoms with Gasteiger partial charge in [0.15, 0.2) is 0 Å². The Balaban J connectivity index is 1.98. The van der Waals surface area contributed by atoms with Crippen molar-refractivity contribution in [2.24, 2.45) is 5.73 Å². The zero-order valence-electron chi connectivity index (χ0n) is 9.89. The molecule has 0 saturated carbocycles. The Bertz CT molecular complexity index is 401. The van der Waals surface area contributed by atoms with Gasteiger partial charge in [-0.2, -0.15) is 4.98 Å². The van der Waals surface area contributed by atoms with Gasteiger partial charge in [0.05, 0.1) is 0 Å². The van der Waals surface area contributed by atoms with Crippen LogP contribution in [0.25, 0.3) is 0 Å². The standard InChI is InChI=1S/C11H17N5O/c1-16-6-3-8(4-7-16)17-11-14-5-2-9(15-11)10(12)13/h2,5,8H,3-4,6-7H2,1H3,(H3,12,13). The number of amidine groups is 1. The van der Waals surface area contributed by atoms with E-state index in [0.717, 1.165) is 25.9 Å². The molecule has 0 aliphatic carbocycles. The summed E-state index contributed by atoms with van der Waals surface area (Å²) < 4.78 is 5.69. The lowest BCUT2D eigenvalue weighted by molar-refractivity contribution is 0.105. The van der Waals surface area contributed by atoms with Gasteiger partial charge in [-0.1, -0.05) is 0 Å². The lowest BCUT2D eigenvalue weighted by Crippen LogP contribution is -2.36. The van der Waals surface area contributed by atoms with Crippen molar-refractivity contribution in [3.63, 3.8) is 0 Å². The number of likely N-dealkylation sites (tertiary alicyclic amines) is 1. The third-order valence-corrected chi connectivity index (χ3v) is 2.85. The highest BCUT2D eigenvalue weighted by Gasteiger charge is 2.19. The zero-order chi connectivity index (χ0) is 12.3. The van der Waals surface area contributed by atoms with Crippen molar-refractivity contribution in [2.75, 3.05) is 20.1 Å². The number of nitrogens with zero attached hydrogens (tertiary/aromatic N) is 3. The molecule has 1 aliphatic heterocycles. The van der Waals surface area contributed by atoms with E-state index >= 15 is 0 Å². The SMILES string of the molecule is CN1CCC(Oc2nccc(C(=N)N)n2)CC1. The Labute approximate surface area is 100 Å². The van der Waals surface area contributed by atoms with Gasteiger partial charge in [0.2, 0.25) is 0 Å². The molecule has 1 aromatic heterocycles. The lowest BCUT2D eigenvalue weighted by atomic mass is 10.1. The van der Waals surface area contributed by atoms with E-state index in [9.17, 15) is 0 Å². The van der Waals surface area contributed by atoms with Crippen LogP contribution >= 0.6 is 0 Å². The molecular formula is C11H17N5O. The Kier molecular flexibility index (Phi) is 3.53. The van der Waals surface area contributed by atoms with Crippen LogP contribution in [0.5, 0.6) is 6.01 Å². The molecule has 6 heteroatoms. The highest BCUT2D eigenvalue weighted by Crippen LogP contribution is 2.14. The number of aromatic nitrogens is 2. The number of nitrogen functional groups attached to an aromatic ring is 1. The van der Waals surface area contributed by atoms with Crippen LogP contribution in [-0.4, -0.2) is 46.9 Å². The van der Waals surface area contributed by atoms with E-state index in [1.165, 1.54) is 0 Å². The van der Waals surface area contributed by atoms with E-state index in [1.54, 1.807) is 12.3 Å². The van der Waals surface area contributed by atoms with Gasteiger partial charge in [-0.3, -0.25) is 5.41 Å². The molecule has 3 N–H and O–H groups in total. The van der Waals surface area contributed by atoms with Crippen molar-refractivity contribution in [3.05, 3.63) is 18.0 Å². The fraction of sp³-hybridized carbons (Fsp3) is 0.545. The summed E-state index contributed by atoms with van der Waals surface area (Å²) in [6, 6.07) is 1.91. The van der Waals surface area contributed by atoms with Crippen LogP contribution in [-0.2, 0) is 0 Å². The molecule has 0 radical (unpaired) electrons. The summed E-state index contributed by atoms with van der Waals surface area (Å²) in [6.07, 6.45) is 3.68. The van der Waals surface area contributed by atoms with E-state index in [0.29, 0.717) is 11.7 Å². The van der Waals surface area contributed by atoms with Crippen molar-refractivity contribution in [1.82, 2.24) is 14.9 Å². The summed E-state index contributed by atoms with van der Waals surface area (Å²) in [4.78, 5) is 10.4. The number of hydrogen-bond acceptors (Lipinski definition) is 5. The third kappa shape index (κ3) is 3.13. The topological polar surface area (TPSA) is 88.1 Å². The van der Waals surface area contributed by atoms with Crippen LogP contribution in [0.3, 0.4) is 0 Å². The largest absolute Gasteiger partial charge is 0.460 e. The van der Waals surface area contributed by atoms with Crippen molar-refractivity contribution < 1.29 is 4.74 Å². The molecule has 1 saturated heterocycles. The predicted molar refractivity (Wildman–Crippen MR) is 64.2 cm³/mol. The minimum absolute atomic E-state index is 0.0689. The maximum Gasteiger partial charge on any atom is 0.317 e. The number of nitrogens with one attached hydrogen (secondary N) is 1. The van der Waals surface area contributed by atoms with E-state index in [4.69, 9.17) is 15.9 Å². The number of piperidine rings is 1. The van der Waals surface area contributed by atoms with E-state index in [-0.39, 0.29) is 11.9 Å². The first-order chi connectivity index (χ1) is 8.15. The molecular weight excluding hydrogens is 218 g/mol. The summed E-state index contributed by atoms with van der Waals surface area (Å²) >= 11 is 0. The van der Waals surface area contributed by atoms with Crippen molar-refractivity contribution in [2.45, 2.75) is 18.9 Å². The second-order valence-corrected chi connectivity index (χ2v) is 4.26. The molecule has 2 rings (SSSR count). The van der Waals surface area contributed by atoms with Crippen LogP contribution in [0, 0.1) is 5.41 Å². The molecule has 0 atom stereocenters. The van der Waals surface area contributed by atoms with E-state index < -0.39 is 0 Å². The quantitative estimate of drug-likeness (QED) is 0.578. The molecule has 17 heavy (non-hydrogen) atoms. The van der Waals surface area contributed by atoms with E-state index in [2.05, 4.69) is 21.9 Å². The first kappa shape index (κ1) is 11.8. The summed E-state index contributed by atoms with van der Waals surface area (Å²) in [5.41, 5.74) is 5.77. The van der Waals surface area contributed by atoms with Crippen LogP contribution < -0.4 is 10.5 Å². The van der Waals surface area contributed by atoms with Gasteiger partial charge >= 0.3 is 6.01 Å². The highest BCUT2D eigenvalue weighted by molar-refractivity contribution is 5.92. The molecule has 6 nitrogen and oxygen atoms in total. The number of hydrogen-bond donors (Lipinski definition) is 2. The monoisotopic (exact) mass is 235 g/mol. The Morgan fingerprint density at radius 3 is 2.88 bits per heavy atom. The molecule has 2 heterocycles. The summed E-state index contributed by atoms with van der Waals surface area (Å²) in [5, 5.41) is 7.30. The molecule has 1 aliphatic rings. The molecule has 1 aromatic rings. The third-order valence-electron chi connectivity index (χ3n) is 2.85. The number of nitrogens with two attached hydrogens (primary N) is 1. The van der Waals surface area contributed by atoms with Gasteiger partial charge in [-0.25, -0.2) is 4.98 Å². The molecule has 0 bridgehead atoms. The molecule has 92 valence electrons. The fourth-order valence-electron chi connectivity index (χ4n) is 1.80. The Morgan fingerprint density at radius 1 is 1.53 bits per heavy atom. The second kappa shape index (κ2) is 5.09. The zero-order valence-corrected chi connectivity index (χ0v) is 9.89. The number of ether oxygens (including phenoxy) is 1. The van der Waals surface area contributed by atoms with Crippen LogP contribution in [0.4, 0.5) is 0 Å². The first-order valence-corrected chi connectivity index (χ1v) is 5.68. The highest BCUT2D eigenvalue weighted by atomic mass is 16.5. The normalized spacial score (nSPS) is 17.9. The lowest BCUT2D eigenvalue weighted by Gasteiger charge is -2.28. The average molecular weight is 235 g/mol. The van der Waals surface area contributed by atoms with Crippen LogP contribution in [0.1, 0.15) is 18.5 Å². The Hall–Kier alpha value is -1.69. The van der Waals surface area contributed by atoms with E-state index in [1.807, 2.05) is 0 Å². The second-order valence-electron chi connectivity index (χ2n) is 4.26. The summed E-state index contributed by atoms with van der Waals surface area (Å²) in [6.45, 7) is 2.05. The molecule has 0 amide bonds. The molecule has 0 spiro atoms. The van der Waals surface area contributed by atoms with Gasteiger partial charge in [-0.05, 0) is 26.0 Å². The van der Waals surface area contributed by atoms with Crippen molar-refractivity contribution in [1.29, 1.82) is 5.41 Å². The van der Waals surface area contributed by atoms with Gasteiger partial charge in [0.25, 0.3) is 0 Å². The van der Waals surface area contributed by atoms with Gasteiger partial charge in [-0.15, -0.1) is 0 Å². The average Bonchev–Trinajstić information content (AvgIpc) is 2.32. The first-order valence-electron chi connectivity index (χ1n) is 5.68. The number of rotatable bonds is 3. The van der Waals surface area contributed by atoms with Crippen molar-refractivity contribution in [3.8, 4) is 6.01 Å². The Morgan fingerprint density at radius 2 is 2.24 bits per heavy atom. The van der Waals surface area contributed by atoms with Crippen LogP contribution in [0.2, 0.25) is 0 Å². The maximum absolute atomic E-state index is 7.30. The summed E-state index contributed by atoms with van der Waals surface area (Å²) in [7, 11) is 2.10. The molecule has 0 unspecified atom stereocenters. The van der Waals surface area contributed by atoms with Gasteiger partial charge in [0, 0.05) is 19.3 Å². The predicted octanol–water partition coefficient (Wildman–Crippen LogP) is 0.234. The molecule has 1 fully saturated rings. The van der Waals surface area contributed by atoms with Gasteiger partial charge < -0.3 is 15.4 Å². The maximum atomic E-state index is 7.30. The fourth-order valence-corrected chi connectivity index (χ4v) is 1.80. The minimum Gasteiger partial charge on any atom is -0.460 e. The van der Waals surface area contributed by atoms with Crippen molar-refractivity contribution >= 4 is 5.84 Å². The van der Waals surface area contributed by atoms with Crippen LogP contribution in [0.15, 0.2) is 12.3 Å². The smallest absolute Gasteiger partial charge is 0.317 e. The minimum atomic E-state index is -0.0689. The molecule has 0 aromatic carbocycles. The van der Waals surface area contributed by atoms with Gasteiger partial charge in [0.1, 0.15) is 17.6 Å².